The molecular weight excluding hydrogens is 792 g/mol. The lowest BCUT2D eigenvalue weighted by Crippen LogP contribution is -2.57. The first-order chi connectivity index (χ1) is 27.5. The van der Waals surface area contributed by atoms with Crippen LogP contribution in [0, 0.1) is 17.5 Å². The summed E-state index contributed by atoms with van der Waals surface area (Å²) < 4.78 is 102. The highest BCUT2D eigenvalue weighted by molar-refractivity contribution is 5.96. The standard InChI is InChI=1S/C40H47F6N5O8/c1-38(2,3)58-36(54)49-51(34(52)17-31(24-7-11-26(41)12-8-24)25-9-13-27(42)14-10-25)33-20-47-19-32(43)30(33)16-15-29-21-50(37(55)59-39(4,5)6)28(22-56-29)18-48-35(53)57-23-40(44,45)46/h7-14,19-20,28-29,31H,15-18,21-23H2,1-6H3,(H,48,53)(H,49,54)/t28-,29-/m1/s1. The fourth-order valence-electron chi connectivity index (χ4n) is 5.98. The predicted octanol–water partition coefficient (Wildman–Crippen LogP) is 7.72. The Morgan fingerprint density at radius 3 is 1.98 bits per heavy atom. The second-order valence-corrected chi connectivity index (χ2v) is 15.7. The molecule has 1 saturated heterocycles. The number of aromatic nitrogens is 1. The summed E-state index contributed by atoms with van der Waals surface area (Å²) in [4.78, 5) is 57.9. The molecule has 1 aromatic heterocycles. The van der Waals surface area contributed by atoms with Crippen molar-refractivity contribution in [1.82, 2.24) is 20.6 Å². The van der Waals surface area contributed by atoms with Gasteiger partial charge in [0.1, 0.15) is 28.7 Å². The number of hydrogen-bond acceptors (Lipinski definition) is 9. The van der Waals surface area contributed by atoms with E-state index in [4.69, 9.17) is 14.2 Å². The third kappa shape index (κ3) is 14.6. The molecule has 4 amide bonds. The lowest BCUT2D eigenvalue weighted by atomic mass is 9.88. The number of morpholine rings is 1. The topological polar surface area (TPSA) is 149 Å². The van der Waals surface area contributed by atoms with Crippen LogP contribution in [0.25, 0.3) is 0 Å². The number of anilines is 1. The average molecular weight is 840 g/mol. The zero-order valence-electron chi connectivity index (χ0n) is 33.3. The molecule has 0 unspecified atom stereocenters. The second kappa shape index (κ2) is 19.4. The fraction of sp³-hybridized carbons (Fsp3) is 0.475. The molecule has 0 aliphatic carbocycles. The number of carbonyl (C=O) groups is 4. The Hall–Kier alpha value is -5.59. The molecule has 1 fully saturated rings. The van der Waals surface area contributed by atoms with E-state index in [9.17, 15) is 41.1 Å². The van der Waals surface area contributed by atoms with Crippen LogP contribution in [0.15, 0.2) is 60.9 Å². The zero-order chi connectivity index (χ0) is 43.7. The number of benzene rings is 2. The van der Waals surface area contributed by atoms with Crippen molar-refractivity contribution in [2.75, 3.05) is 31.3 Å². The molecule has 13 nitrogen and oxygen atoms in total. The summed E-state index contributed by atoms with van der Waals surface area (Å²) in [6.45, 7) is 7.12. The van der Waals surface area contributed by atoms with Gasteiger partial charge in [0.25, 0.3) is 0 Å². The van der Waals surface area contributed by atoms with Crippen LogP contribution in [0.2, 0.25) is 0 Å². The van der Waals surface area contributed by atoms with Crippen LogP contribution in [0.3, 0.4) is 0 Å². The molecule has 4 rings (SSSR count). The van der Waals surface area contributed by atoms with E-state index in [1.807, 2.05) is 0 Å². The van der Waals surface area contributed by atoms with E-state index < -0.39 is 90.1 Å². The van der Waals surface area contributed by atoms with Crippen LogP contribution in [0.5, 0.6) is 0 Å². The molecule has 1 aliphatic heterocycles. The predicted molar refractivity (Wildman–Crippen MR) is 201 cm³/mol. The van der Waals surface area contributed by atoms with Gasteiger partial charge >= 0.3 is 24.5 Å². The number of hydrazine groups is 1. The molecule has 2 N–H and O–H groups in total. The molecule has 19 heteroatoms. The maximum absolute atomic E-state index is 15.8. The highest BCUT2D eigenvalue weighted by Crippen LogP contribution is 2.32. The number of hydrogen-bond donors (Lipinski definition) is 2. The lowest BCUT2D eigenvalue weighted by molar-refractivity contribution is -0.160. The Labute approximate surface area is 337 Å². The number of amides is 4. The van der Waals surface area contributed by atoms with Crippen molar-refractivity contribution in [3.63, 3.8) is 0 Å². The molecule has 1 aliphatic rings. The number of nitrogens with zero attached hydrogens (tertiary/aromatic N) is 3. The third-order valence-corrected chi connectivity index (χ3v) is 8.56. The smallest absolute Gasteiger partial charge is 0.427 e. The van der Waals surface area contributed by atoms with Crippen LogP contribution >= 0.6 is 0 Å². The first-order valence-corrected chi connectivity index (χ1v) is 18.5. The molecule has 0 saturated carbocycles. The minimum atomic E-state index is -4.75. The Morgan fingerprint density at radius 1 is 0.864 bits per heavy atom. The van der Waals surface area contributed by atoms with E-state index in [0.717, 1.165) is 17.4 Å². The van der Waals surface area contributed by atoms with E-state index in [0.29, 0.717) is 11.1 Å². The minimum absolute atomic E-state index is 0.0171. The van der Waals surface area contributed by atoms with Gasteiger partial charge in [-0.3, -0.25) is 14.7 Å². The largest absolute Gasteiger partial charge is 0.444 e. The van der Waals surface area contributed by atoms with Crippen molar-refractivity contribution < 1.29 is 64.5 Å². The number of pyridine rings is 1. The summed E-state index contributed by atoms with van der Waals surface area (Å²) in [6.07, 6.45) is -7.24. The van der Waals surface area contributed by atoms with Crippen LogP contribution in [0.1, 0.15) is 77.0 Å². The Bertz CT molecular complexity index is 1870. The van der Waals surface area contributed by atoms with Crippen molar-refractivity contribution in [2.24, 2.45) is 0 Å². The van der Waals surface area contributed by atoms with Gasteiger partial charge in [0.15, 0.2) is 6.61 Å². The third-order valence-electron chi connectivity index (χ3n) is 8.56. The number of halogens is 6. The molecule has 0 radical (unpaired) electrons. The van der Waals surface area contributed by atoms with Gasteiger partial charge in [0.2, 0.25) is 5.91 Å². The van der Waals surface area contributed by atoms with Crippen molar-refractivity contribution in [3.05, 3.63) is 95.1 Å². The summed E-state index contributed by atoms with van der Waals surface area (Å²) in [5, 5.41) is 2.99. The maximum Gasteiger partial charge on any atom is 0.427 e. The van der Waals surface area contributed by atoms with Gasteiger partial charge in [-0.05, 0) is 89.8 Å². The lowest BCUT2D eigenvalue weighted by Gasteiger charge is -2.40. The van der Waals surface area contributed by atoms with Crippen LogP contribution in [0.4, 0.5) is 46.4 Å². The van der Waals surface area contributed by atoms with Crippen molar-refractivity contribution >= 4 is 29.9 Å². The van der Waals surface area contributed by atoms with Gasteiger partial charge in [0, 0.05) is 24.4 Å². The number of alkyl halides is 3. The monoisotopic (exact) mass is 839 g/mol. The van der Waals surface area contributed by atoms with Gasteiger partial charge in [-0.1, -0.05) is 24.3 Å². The average Bonchev–Trinajstić information content (AvgIpc) is 3.13. The van der Waals surface area contributed by atoms with E-state index in [1.165, 1.54) is 53.4 Å². The molecule has 3 aromatic rings. The van der Waals surface area contributed by atoms with Crippen molar-refractivity contribution in [2.45, 2.75) is 96.2 Å². The number of alkyl carbamates (subject to hydrolysis) is 1. The maximum atomic E-state index is 15.8. The Morgan fingerprint density at radius 2 is 1.44 bits per heavy atom. The summed E-state index contributed by atoms with van der Waals surface area (Å²) >= 11 is 0. The molecule has 2 heterocycles. The molecule has 2 atom stereocenters. The highest BCUT2D eigenvalue weighted by atomic mass is 19.4. The summed E-state index contributed by atoms with van der Waals surface area (Å²) in [7, 11) is 0. The molecule has 59 heavy (non-hydrogen) atoms. The normalized spacial score (nSPS) is 16.0. The quantitative estimate of drug-likeness (QED) is 0.113. The Kier molecular flexibility index (Phi) is 15.2. The van der Waals surface area contributed by atoms with Crippen molar-refractivity contribution in [3.8, 4) is 0 Å². The number of rotatable bonds is 11. The molecule has 0 spiro atoms. The van der Waals surface area contributed by atoms with Gasteiger partial charge in [-0.15, -0.1) is 0 Å². The number of carbonyl (C=O) groups excluding carboxylic acids is 4. The van der Waals surface area contributed by atoms with Gasteiger partial charge in [0.05, 0.1) is 43.4 Å². The first kappa shape index (κ1) is 46.1. The number of nitrogens with one attached hydrogen (secondary N) is 2. The molecule has 0 bridgehead atoms. The molecule has 2 aromatic carbocycles. The molecule has 322 valence electrons. The SMILES string of the molecule is CC(C)(C)OC(=O)NN(C(=O)CC(c1ccc(F)cc1)c1ccc(F)cc1)c1cncc(F)c1CC[C@@H]1CN(C(=O)OC(C)(C)C)[C@H](CNC(=O)OCC(F)(F)F)CO1. The van der Waals surface area contributed by atoms with Crippen LogP contribution < -0.4 is 15.8 Å². The fourth-order valence-corrected chi connectivity index (χ4v) is 5.98. The first-order valence-electron chi connectivity index (χ1n) is 18.5. The summed E-state index contributed by atoms with van der Waals surface area (Å²) in [6, 6.07) is 9.74. The minimum Gasteiger partial charge on any atom is -0.444 e. The second-order valence-electron chi connectivity index (χ2n) is 15.7. The van der Waals surface area contributed by atoms with E-state index in [1.54, 1.807) is 41.5 Å². The molecular formula is C40H47F6N5O8. The van der Waals surface area contributed by atoms with Crippen LogP contribution in [-0.4, -0.2) is 89.9 Å². The van der Waals surface area contributed by atoms with E-state index in [2.05, 4.69) is 20.5 Å². The highest BCUT2D eigenvalue weighted by Gasteiger charge is 2.37. The van der Waals surface area contributed by atoms with Gasteiger partial charge < -0.3 is 24.3 Å². The van der Waals surface area contributed by atoms with Crippen LogP contribution in [-0.2, 0) is 30.2 Å². The van der Waals surface area contributed by atoms with Gasteiger partial charge in [-0.25, -0.2) is 38.0 Å². The Balaban J connectivity index is 1.61. The van der Waals surface area contributed by atoms with Gasteiger partial charge in [-0.2, -0.15) is 13.2 Å². The van der Waals surface area contributed by atoms with E-state index in [-0.39, 0.29) is 43.8 Å². The number of ether oxygens (including phenoxy) is 4. The van der Waals surface area contributed by atoms with Crippen molar-refractivity contribution in [1.29, 1.82) is 0 Å². The summed E-state index contributed by atoms with van der Waals surface area (Å²) in [5.74, 6) is -3.50. The zero-order valence-corrected chi connectivity index (χ0v) is 33.3. The summed E-state index contributed by atoms with van der Waals surface area (Å²) in [5.41, 5.74) is 1.14. The van der Waals surface area contributed by atoms with E-state index >= 15 is 4.39 Å².